The van der Waals surface area contributed by atoms with E-state index in [1.807, 2.05) is 0 Å². The molecule has 1 aromatic carbocycles. The van der Waals surface area contributed by atoms with E-state index in [9.17, 15) is 0 Å². The lowest BCUT2D eigenvalue weighted by molar-refractivity contribution is 0.0511. The second kappa shape index (κ2) is 7.61. The monoisotopic (exact) mass is 184 g/mol. The highest BCUT2D eigenvalue weighted by atomic mass is 16.7. The molecule has 2 radical (unpaired) electrons. The van der Waals surface area contributed by atoms with Crippen molar-refractivity contribution in [3.63, 3.8) is 0 Å². The fraction of sp³-hybridized carbons (Fsp3) is 0.250. The first-order valence-electron chi connectivity index (χ1n) is 3.30. The van der Waals surface area contributed by atoms with Crippen LogP contribution in [0.2, 0.25) is 0 Å². The van der Waals surface area contributed by atoms with Crippen LogP contribution >= 0.6 is 0 Å². The quantitative estimate of drug-likeness (QED) is 0.437. The van der Waals surface area contributed by atoms with E-state index in [-0.39, 0.29) is 17.7 Å². The number of ether oxygens (including phenoxy) is 2. The van der Waals surface area contributed by atoms with Gasteiger partial charge in [-0.1, -0.05) is 17.6 Å². The van der Waals surface area contributed by atoms with Crippen molar-refractivity contribution in [2.45, 2.75) is 0 Å². The van der Waals surface area contributed by atoms with E-state index < -0.39 is 0 Å². The average Bonchev–Trinajstić information content (AvgIpc) is 2.04. The van der Waals surface area contributed by atoms with Crippen molar-refractivity contribution in [2.24, 2.45) is 0 Å². The van der Waals surface area contributed by atoms with E-state index in [2.05, 4.69) is 0 Å². The molecule has 0 fully saturated rings. The van der Waals surface area contributed by atoms with Gasteiger partial charge in [0, 0.05) is 7.11 Å². The summed E-state index contributed by atoms with van der Waals surface area (Å²) < 4.78 is 9.85. The van der Waals surface area contributed by atoms with Crippen molar-refractivity contribution in [2.75, 3.05) is 13.9 Å². The van der Waals surface area contributed by atoms with Crippen LogP contribution in [0.25, 0.3) is 0 Å². The van der Waals surface area contributed by atoms with Gasteiger partial charge >= 0.3 is 0 Å². The summed E-state index contributed by atoms with van der Waals surface area (Å²) in [4.78, 5) is 0. The standard InChI is InChI=1S/C8H9BO2.2H2O/c1-10-6-11-8-4-2-7(9)3-5-8;;/h2-5H,6H2,1H3;2*1H2. The van der Waals surface area contributed by atoms with Crippen LogP contribution in [0, 0.1) is 0 Å². The number of rotatable bonds is 3. The molecule has 13 heavy (non-hydrogen) atoms. The number of hydrogen-bond donors (Lipinski definition) is 0. The Labute approximate surface area is 78.5 Å². The van der Waals surface area contributed by atoms with Crippen LogP contribution in [0.1, 0.15) is 0 Å². The van der Waals surface area contributed by atoms with Crippen LogP contribution in [0.3, 0.4) is 0 Å². The minimum Gasteiger partial charge on any atom is -0.468 e. The minimum atomic E-state index is 0. The van der Waals surface area contributed by atoms with Gasteiger partial charge in [-0.15, -0.1) is 0 Å². The van der Waals surface area contributed by atoms with Gasteiger partial charge in [0.1, 0.15) is 13.6 Å². The van der Waals surface area contributed by atoms with Gasteiger partial charge in [0.15, 0.2) is 6.79 Å². The minimum absolute atomic E-state index is 0. The van der Waals surface area contributed by atoms with Gasteiger partial charge in [-0.3, -0.25) is 0 Å². The highest BCUT2D eigenvalue weighted by Crippen LogP contribution is 2.06. The molecular formula is C8H13BO4. The van der Waals surface area contributed by atoms with Gasteiger partial charge in [-0.2, -0.15) is 0 Å². The second-order valence-electron chi connectivity index (χ2n) is 2.12. The van der Waals surface area contributed by atoms with E-state index in [0.29, 0.717) is 0 Å². The molecule has 0 aliphatic rings. The van der Waals surface area contributed by atoms with Crippen molar-refractivity contribution in [1.29, 1.82) is 0 Å². The van der Waals surface area contributed by atoms with Gasteiger partial charge in [-0.05, 0) is 12.1 Å². The summed E-state index contributed by atoms with van der Waals surface area (Å²) in [7, 11) is 7.05. The molecule has 1 rings (SSSR count). The highest BCUT2D eigenvalue weighted by molar-refractivity contribution is 6.32. The SMILES string of the molecule is O.O.[B]c1ccc(OCOC)cc1. The Balaban J connectivity index is 0. The molecule has 0 saturated heterocycles. The molecule has 72 valence electrons. The fourth-order valence-corrected chi connectivity index (χ4v) is 0.691. The lowest BCUT2D eigenvalue weighted by Crippen LogP contribution is -2.02. The summed E-state index contributed by atoms with van der Waals surface area (Å²) in [6.07, 6.45) is 0. The smallest absolute Gasteiger partial charge is 0.188 e. The third-order valence-electron chi connectivity index (χ3n) is 1.22. The fourth-order valence-electron chi connectivity index (χ4n) is 0.691. The van der Waals surface area contributed by atoms with E-state index >= 15 is 0 Å². The summed E-state index contributed by atoms with van der Waals surface area (Å²) in [6, 6.07) is 7.17. The van der Waals surface area contributed by atoms with Crippen LogP contribution in [0.4, 0.5) is 0 Å². The lowest BCUT2D eigenvalue weighted by atomic mass is 9.97. The molecule has 0 amide bonds. The molecular weight excluding hydrogens is 171 g/mol. The molecule has 4 N–H and O–H groups in total. The van der Waals surface area contributed by atoms with Crippen LogP contribution < -0.4 is 10.2 Å². The summed E-state index contributed by atoms with van der Waals surface area (Å²) in [5, 5.41) is 0. The molecule has 0 atom stereocenters. The molecule has 0 aromatic heterocycles. The first kappa shape index (κ1) is 14.5. The maximum atomic E-state index is 5.47. The normalized spacial score (nSPS) is 8.08. The van der Waals surface area contributed by atoms with Crippen molar-refractivity contribution in [3.8, 4) is 5.75 Å². The Bertz CT molecular complexity index is 212. The lowest BCUT2D eigenvalue weighted by Gasteiger charge is -2.03. The molecule has 0 aliphatic heterocycles. The molecule has 0 bridgehead atoms. The maximum Gasteiger partial charge on any atom is 0.188 e. The summed E-state index contributed by atoms with van der Waals surface area (Å²) in [5.74, 6) is 0.765. The molecule has 0 spiro atoms. The van der Waals surface area contributed by atoms with Gasteiger partial charge in [-0.25, -0.2) is 0 Å². The topological polar surface area (TPSA) is 81.5 Å². The Morgan fingerprint density at radius 2 is 1.69 bits per heavy atom. The number of methoxy groups -OCH3 is 1. The van der Waals surface area contributed by atoms with E-state index in [1.165, 1.54) is 0 Å². The predicted molar refractivity (Wildman–Crippen MR) is 51.6 cm³/mol. The molecule has 4 nitrogen and oxygen atoms in total. The number of hydrogen-bond acceptors (Lipinski definition) is 2. The third-order valence-corrected chi connectivity index (χ3v) is 1.22. The van der Waals surface area contributed by atoms with Gasteiger partial charge in [0.25, 0.3) is 0 Å². The van der Waals surface area contributed by atoms with E-state index in [1.54, 1.807) is 31.4 Å². The maximum absolute atomic E-state index is 5.47. The largest absolute Gasteiger partial charge is 0.468 e. The molecule has 0 heterocycles. The highest BCUT2D eigenvalue weighted by Gasteiger charge is 1.89. The van der Waals surface area contributed by atoms with Crippen LogP contribution in [-0.2, 0) is 4.74 Å². The Hall–Kier alpha value is -1.04. The zero-order chi connectivity index (χ0) is 8.10. The zero-order valence-corrected chi connectivity index (χ0v) is 7.41. The predicted octanol–water partition coefficient (Wildman–Crippen LogP) is -1.19. The van der Waals surface area contributed by atoms with Crippen molar-refractivity contribution in [3.05, 3.63) is 24.3 Å². The summed E-state index contributed by atoms with van der Waals surface area (Å²) in [5.41, 5.74) is 0.731. The van der Waals surface area contributed by atoms with Crippen molar-refractivity contribution < 1.29 is 20.4 Å². The third kappa shape index (κ3) is 5.24. The number of benzene rings is 1. The van der Waals surface area contributed by atoms with E-state index in [0.717, 1.165) is 11.2 Å². The zero-order valence-electron chi connectivity index (χ0n) is 7.41. The van der Waals surface area contributed by atoms with Gasteiger partial charge in [0.05, 0.1) is 0 Å². The van der Waals surface area contributed by atoms with Gasteiger partial charge in [0.2, 0.25) is 0 Å². The molecule has 1 aromatic rings. The average molecular weight is 184 g/mol. The molecule has 5 heteroatoms. The van der Waals surface area contributed by atoms with Gasteiger partial charge < -0.3 is 20.4 Å². The molecule has 0 unspecified atom stereocenters. The Morgan fingerprint density at radius 3 is 2.15 bits per heavy atom. The van der Waals surface area contributed by atoms with Crippen LogP contribution in [-0.4, -0.2) is 32.7 Å². The van der Waals surface area contributed by atoms with Crippen LogP contribution in [0.15, 0.2) is 24.3 Å². The first-order chi connectivity index (χ1) is 5.33. The summed E-state index contributed by atoms with van der Waals surface area (Å²) >= 11 is 0. The molecule has 0 aliphatic carbocycles. The Kier molecular flexibility index (Phi) is 8.48. The summed E-state index contributed by atoms with van der Waals surface area (Å²) in [6.45, 7) is 0.268. The van der Waals surface area contributed by atoms with Crippen LogP contribution in [0.5, 0.6) is 5.75 Å². The van der Waals surface area contributed by atoms with E-state index in [4.69, 9.17) is 17.3 Å². The molecule has 0 saturated carbocycles. The second-order valence-corrected chi connectivity index (χ2v) is 2.12. The Morgan fingerprint density at radius 1 is 1.15 bits per heavy atom. The first-order valence-corrected chi connectivity index (χ1v) is 3.30. The van der Waals surface area contributed by atoms with Crippen molar-refractivity contribution in [1.82, 2.24) is 0 Å². The van der Waals surface area contributed by atoms with Crippen molar-refractivity contribution >= 4 is 13.3 Å².